The summed E-state index contributed by atoms with van der Waals surface area (Å²) in [6.07, 6.45) is 1.63. The van der Waals surface area contributed by atoms with E-state index >= 15 is 0 Å². The normalized spacial score (nSPS) is 15.5. The lowest BCUT2D eigenvalue weighted by Gasteiger charge is -2.16. The Bertz CT molecular complexity index is 885. The van der Waals surface area contributed by atoms with Crippen LogP contribution in [0.1, 0.15) is 23.6 Å². The third-order valence-electron chi connectivity index (χ3n) is 4.76. The molecule has 26 heavy (non-hydrogen) atoms. The Balaban J connectivity index is 1.86. The molecule has 0 spiro atoms. The monoisotopic (exact) mass is 349 g/mol. The number of carbonyl (C=O) groups excluding carboxylic acids is 2. The highest BCUT2D eigenvalue weighted by atomic mass is 16.2. The molecule has 1 N–H and O–H groups in total. The molecule has 1 heterocycles. The van der Waals surface area contributed by atoms with E-state index in [-0.39, 0.29) is 17.4 Å². The quantitative estimate of drug-likeness (QED) is 0.681. The van der Waals surface area contributed by atoms with Crippen molar-refractivity contribution >= 4 is 29.3 Å². The Morgan fingerprint density at radius 1 is 1.04 bits per heavy atom. The van der Waals surface area contributed by atoms with Crippen molar-refractivity contribution in [3.63, 3.8) is 0 Å². The van der Waals surface area contributed by atoms with Crippen molar-refractivity contribution in [2.75, 3.05) is 23.5 Å². The van der Waals surface area contributed by atoms with Gasteiger partial charge in [-0.1, -0.05) is 18.2 Å². The van der Waals surface area contributed by atoms with Gasteiger partial charge in [-0.3, -0.25) is 15.0 Å². The molecule has 134 valence electrons. The average Bonchev–Trinajstić information content (AvgIpc) is 2.92. The van der Waals surface area contributed by atoms with Gasteiger partial charge in [0.15, 0.2) is 0 Å². The first-order valence-corrected chi connectivity index (χ1v) is 8.66. The van der Waals surface area contributed by atoms with Gasteiger partial charge >= 0.3 is 0 Å². The Morgan fingerprint density at radius 3 is 2.35 bits per heavy atom. The van der Waals surface area contributed by atoms with Crippen molar-refractivity contribution in [1.82, 2.24) is 5.43 Å². The summed E-state index contributed by atoms with van der Waals surface area (Å²) in [5.74, 6) is -0.726. The number of hydrazine groups is 1. The molecular weight excluding hydrogens is 326 g/mol. The van der Waals surface area contributed by atoms with Gasteiger partial charge in [0.2, 0.25) is 0 Å². The minimum Gasteiger partial charge on any atom is -0.375 e. The molecule has 3 rings (SSSR count). The molecule has 0 radical (unpaired) electrons. The summed E-state index contributed by atoms with van der Waals surface area (Å²) in [5.41, 5.74) is 7.56. The van der Waals surface area contributed by atoms with Gasteiger partial charge in [0.1, 0.15) is 5.57 Å². The van der Waals surface area contributed by atoms with Crippen LogP contribution in [0.3, 0.4) is 0 Å². The van der Waals surface area contributed by atoms with E-state index in [1.54, 1.807) is 6.08 Å². The molecule has 0 aliphatic carbocycles. The van der Waals surface area contributed by atoms with Crippen LogP contribution in [0.4, 0.5) is 11.4 Å². The first kappa shape index (κ1) is 17.7. The van der Waals surface area contributed by atoms with Crippen LogP contribution in [0.5, 0.6) is 0 Å². The maximum Gasteiger partial charge on any atom is 0.282 e. The van der Waals surface area contributed by atoms with Crippen molar-refractivity contribution in [1.29, 1.82) is 0 Å². The second-order valence-corrected chi connectivity index (χ2v) is 6.51. The molecule has 2 aromatic rings. The minimum atomic E-state index is -0.386. The molecule has 1 saturated heterocycles. The highest BCUT2D eigenvalue weighted by molar-refractivity contribution is 6.31. The van der Waals surface area contributed by atoms with Crippen molar-refractivity contribution in [2.45, 2.75) is 20.8 Å². The fraction of sp³-hybridized carbons (Fsp3) is 0.238. The van der Waals surface area contributed by atoms with E-state index in [9.17, 15) is 9.59 Å². The molecule has 0 aromatic heterocycles. The maximum absolute atomic E-state index is 12.7. The van der Waals surface area contributed by atoms with Crippen molar-refractivity contribution < 1.29 is 9.59 Å². The highest BCUT2D eigenvalue weighted by Gasteiger charge is 2.34. The average molecular weight is 349 g/mol. The number of nitrogens with one attached hydrogen (secondary N) is 1. The number of hydrogen-bond donors (Lipinski definition) is 1. The number of anilines is 2. The summed E-state index contributed by atoms with van der Waals surface area (Å²) in [6, 6.07) is 13.4. The van der Waals surface area contributed by atoms with E-state index in [1.807, 2.05) is 63.4 Å². The first-order valence-electron chi connectivity index (χ1n) is 8.66. The second-order valence-electron chi connectivity index (χ2n) is 6.51. The Kier molecular flexibility index (Phi) is 4.80. The summed E-state index contributed by atoms with van der Waals surface area (Å²) >= 11 is 0. The zero-order chi connectivity index (χ0) is 18.8. The van der Waals surface area contributed by atoms with Gasteiger partial charge in [-0.05, 0) is 67.8 Å². The summed E-state index contributed by atoms with van der Waals surface area (Å²) < 4.78 is 0. The van der Waals surface area contributed by atoms with E-state index in [2.05, 4.69) is 17.2 Å². The molecule has 1 aliphatic rings. The predicted molar refractivity (Wildman–Crippen MR) is 105 cm³/mol. The van der Waals surface area contributed by atoms with Crippen LogP contribution in [0.25, 0.3) is 6.08 Å². The molecule has 1 fully saturated rings. The Morgan fingerprint density at radius 2 is 1.73 bits per heavy atom. The summed E-state index contributed by atoms with van der Waals surface area (Å²) in [7, 11) is 2.02. The molecule has 0 atom stereocenters. The van der Waals surface area contributed by atoms with Crippen LogP contribution in [0, 0.1) is 13.8 Å². The SMILES string of the molecule is CCN(C)c1ccc(/C=C2/C(=O)NN(c3ccc(C)c(C)c3)C2=O)cc1. The highest BCUT2D eigenvalue weighted by Crippen LogP contribution is 2.24. The fourth-order valence-electron chi connectivity index (χ4n) is 2.78. The maximum atomic E-state index is 12.7. The molecule has 5 heteroatoms. The number of benzene rings is 2. The molecule has 0 saturated carbocycles. The number of rotatable bonds is 4. The summed E-state index contributed by atoms with van der Waals surface area (Å²) in [6.45, 7) is 6.98. The molecule has 2 amide bonds. The number of amides is 2. The molecule has 1 aliphatic heterocycles. The minimum absolute atomic E-state index is 0.139. The van der Waals surface area contributed by atoms with E-state index in [4.69, 9.17) is 0 Å². The second kappa shape index (κ2) is 7.04. The summed E-state index contributed by atoms with van der Waals surface area (Å²) in [4.78, 5) is 27.1. The van der Waals surface area contributed by atoms with Crippen molar-refractivity contribution in [3.05, 3.63) is 64.7 Å². The number of carbonyl (C=O) groups is 2. The smallest absolute Gasteiger partial charge is 0.282 e. The molecular formula is C21H23N3O2. The van der Waals surface area contributed by atoms with Crippen molar-refractivity contribution in [3.8, 4) is 0 Å². The van der Waals surface area contributed by atoms with Gasteiger partial charge in [-0.2, -0.15) is 0 Å². The lowest BCUT2D eigenvalue weighted by molar-refractivity contribution is -0.117. The van der Waals surface area contributed by atoms with Crippen LogP contribution < -0.4 is 15.3 Å². The standard InChI is InChI=1S/C21H23N3O2/c1-5-23(4)17-10-7-16(8-11-17)13-19-20(25)22-24(21(19)26)18-9-6-14(2)15(3)12-18/h6-13H,5H2,1-4H3,(H,22,25)/b19-13-. The van der Waals surface area contributed by atoms with E-state index in [1.165, 1.54) is 5.01 Å². The molecule has 0 bridgehead atoms. The van der Waals surface area contributed by atoms with Gasteiger partial charge in [0, 0.05) is 19.3 Å². The lowest BCUT2D eigenvalue weighted by atomic mass is 10.1. The summed E-state index contributed by atoms with van der Waals surface area (Å²) in [5, 5.41) is 1.31. The van der Waals surface area contributed by atoms with Crippen LogP contribution >= 0.6 is 0 Å². The van der Waals surface area contributed by atoms with Crippen LogP contribution in [0.2, 0.25) is 0 Å². The van der Waals surface area contributed by atoms with Crippen LogP contribution in [-0.4, -0.2) is 25.4 Å². The van der Waals surface area contributed by atoms with Gasteiger partial charge in [-0.15, -0.1) is 0 Å². The zero-order valence-electron chi connectivity index (χ0n) is 15.5. The van der Waals surface area contributed by atoms with Gasteiger partial charge in [-0.25, -0.2) is 5.01 Å². The third-order valence-corrected chi connectivity index (χ3v) is 4.76. The number of hydrogen-bond acceptors (Lipinski definition) is 3. The Hall–Kier alpha value is -3.08. The lowest BCUT2D eigenvalue weighted by Crippen LogP contribution is -2.35. The van der Waals surface area contributed by atoms with Gasteiger partial charge in [0.05, 0.1) is 5.69 Å². The largest absolute Gasteiger partial charge is 0.375 e. The molecule has 5 nitrogen and oxygen atoms in total. The third kappa shape index (κ3) is 3.33. The van der Waals surface area contributed by atoms with Crippen LogP contribution in [0.15, 0.2) is 48.0 Å². The molecule has 0 unspecified atom stereocenters. The van der Waals surface area contributed by atoms with E-state index in [0.717, 1.165) is 28.9 Å². The van der Waals surface area contributed by atoms with Gasteiger partial charge in [0.25, 0.3) is 11.8 Å². The van der Waals surface area contributed by atoms with Gasteiger partial charge < -0.3 is 4.90 Å². The fourth-order valence-corrected chi connectivity index (χ4v) is 2.78. The predicted octanol–water partition coefficient (Wildman–Crippen LogP) is 3.22. The first-order chi connectivity index (χ1) is 12.4. The number of nitrogens with zero attached hydrogens (tertiary/aromatic N) is 2. The number of aryl methyl sites for hydroxylation is 2. The van der Waals surface area contributed by atoms with Crippen LogP contribution in [-0.2, 0) is 9.59 Å². The topological polar surface area (TPSA) is 52.7 Å². The zero-order valence-corrected chi connectivity index (χ0v) is 15.5. The van der Waals surface area contributed by atoms with E-state index < -0.39 is 0 Å². The van der Waals surface area contributed by atoms with Crippen molar-refractivity contribution in [2.24, 2.45) is 0 Å². The molecule has 2 aromatic carbocycles. The Labute approximate surface area is 153 Å². The van der Waals surface area contributed by atoms with E-state index in [0.29, 0.717) is 5.69 Å².